The van der Waals surface area contributed by atoms with Crippen molar-refractivity contribution in [3.63, 3.8) is 0 Å². The van der Waals surface area contributed by atoms with Crippen molar-refractivity contribution in [2.45, 2.75) is 25.4 Å². The summed E-state index contributed by atoms with van der Waals surface area (Å²) in [5.41, 5.74) is 2.55. The molecule has 0 bridgehead atoms. The van der Waals surface area contributed by atoms with Gasteiger partial charge < -0.3 is 5.32 Å². The summed E-state index contributed by atoms with van der Waals surface area (Å²) in [6.45, 7) is 2.10. The van der Waals surface area contributed by atoms with Gasteiger partial charge in [0, 0.05) is 4.88 Å². The number of hydrogen-bond acceptors (Lipinski definition) is 5. The predicted molar refractivity (Wildman–Crippen MR) is 82.4 cm³/mol. The van der Waals surface area contributed by atoms with Crippen LogP contribution in [0.2, 0.25) is 0 Å². The summed E-state index contributed by atoms with van der Waals surface area (Å²) < 4.78 is 1.89. The predicted octanol–water partition coefficient (Wildman–Crippen LogP) is 3.19. The Labute approximate surface area is 126 Å². The molecule has 0 spiro atoms. The number of benzene rings is 1. The number of anilines is 1. The van der Waals surface area contributed by atoms with Crippen LogP contribution in [-0.4, -0.2) is 20.2 Å². The molecule has 0 aliphatic carbocycles. The van der Waals surface area contributed by atoms with Crippen molar-refractivity contribution in [2.75, 3.05) is 5.32 Å². The second kappa shape index (κ2) is 4.96. The second-order valence-corrected chi connectivity index (χ2v) is 6.30. The number of thiophene rings is 1. The Kier molecular flexibility index (Phi) is 2.96. The molecule has 0 saturated heterocycles. The van der Waals surface area contributed by atoms with Gasteiger partial charge in [-0.15, -0.1) is 11.3 Å². The van der Waals surface area contributed by atoms with Crippen LogP contribution >= 0.6 is 11.3 Å². The monoisotopic (exact) mass is 297 g/mol. The summed E-state index contributed by atoms with van der Waals surface area (Å²) in [6.07, 6.45) is 0.946. The number of tetrazole rings is 1. The first-order chi connectivity index (χ1) is 10.3. The van der Waals surface area contributed by atoms with E-state index in [9.17, 15) is 0 Å². The van der Waals surface area contributed by atoms with Gasteiger partial charge in [0.25, 0.3) is 0 Å². The first-order valence-electron chi connectivity index (χ1n) is 6.95. The maximum atomic E-state index is 4.14. The molecule has 5 nitrogen and oxygen atoms in total. The minimum Gasteiger partial charge on any atom is -0.346 e. The molecule has 0 fully saturated rings. The molecule has 1 N–H and O–H groups in total. The molecule has 4 rings (SSSR count). The standard InChI is InChI=1S/C15H15N5S/c1-10-4-6-11(7-5-10)12-9-13(14-3-2-8-21-14)20-15(16-12)17-18-19-20/h2-8,12-13H,9H2,1H3,(H,16,17,19)/t12-,13-/m1/s1. The molecule has 1 aliphatic heterocycles. The molecule has 0 saturated carbocycles. The van der Waals surface area contributed by atoms with Crippen LogP contribution in [0.3, 0.4) is 0 Å². The molecule has 3 aromatic rings. The van der Waals surface area contributed by atoms with E-state index in [0.717, 1.165) is 12.4 Å². The van der Waals surface area contributed by atoms with E-state index in [-0.39, 0.29) is 12.1 Å². The lowest BCUT2D eigenvalue weighted by Gasteiger charge is -2.30. The Hall–Kier alpha value is -2.21. The summed E-state index contributed by atoms with van der Waals surface area (Å²) in [7, 11) is 0. The van der Waals surface area contributed by atoms with Gasteiger partial charge in [-0.1, -0.05) is 41.0 Å². The molecule has 2 aromatic heterocycles. The number of rotatable bonds is 2. The molecule has 6 heteroatoms. The molecule has 106 valence electrons. The number of hydrogen-bond donors (Lipinski definition) is 1. The average molecular weight is 297 g/mol. The first-order valence-corrected chi connectivity index (χ1v) is 7.83. The lowest BCUT2D eigenvalue weighted by Crippen LogP contribution is -2.27. The Morgan fingerprint density at radius 3 is 2.86 bits per heavy atom. The van der Waals surface area contributed by atoms with Crippen LogP contribution < -0.4 is 5.32 Å². The van der Waals surface area contributed by atoms with E-state index in [2.05, 4.69) is 69.5 Å². The maximum Gasteiger partial charge on any atom is 0.244 e. The van der Waals surface area contributed by atoms with Gasteiger partial charge in [-0.25, -0.2) is 4.68 Å². The van der Waals surface area contributed by atoms with Crippen LogP contribution in [0.5, 0.6) is 0 Å². The lowest BCUT2D eigenvalue weighted by molar-refractivity contribution is 0.429. The third kappa shape index (κ3) is 2.21. The quantitative estimate of drug-likeness (QED) is 0.789. The van der Waals surface area contributed by atoms with Gasteiger partial charge in [0.15, 0.2) is 0 Å². The van der Waals surface area contributed by atoms with E-state index in [1.807, 2.05) is 4.68 Å². The zero-order valence-electron chi connectivity index (χ0n) is 11.6. The van der Waals surface area contributed by atoms with Gasteiger partial charge in [0.1, 0.15) is 0 Å². The molecule has 21 heavy (non-hydrogen) atoms. The minimum absolute atomic E-state index is 0.197. The van der Waals surface area contributed by atoms with E-state index in [1.165, 1.54) is 16.0 Å². The summed E-state index contributed by atoms with van der Waals surface area (Å²) in [6, 6.07) is 13.3. The fourth-order valence-electron chi connectivity index (χ4n) is 2.77. The second-order valence-electron chi connectivity index (χ2n) is 5.32. The lowest BCUT2D eigenvalue weighted by atomic mass is 9.96. The molecule has 1 aromatic carbocycles. The molecule has 1 aliphatic rings. The van der Waals surface area contributed by atoms with Gasteiger partial charge in [-0.3, -0.25) is 0 Å². The van der Waals surface area contributed by atoms with E-state index in [1.54, 1.807) is 11.3 Å². The number of aryl methyl sites for hydroxylation is 1. The first kappa shape index (κ1) is 12.5. The van der Waals surface area contributed by atoms with E-state index < -0.39 is 0 Å². The highest BCUT2D eigenvalue weighted by atomic mass is 32.1. The van der Waals surface area contributed by atoms with Gasteiger partial charge in [0.2, 0.25) is 5.95 Å². The van der Waals surface area contributed by atoms with Crippen molar-refractivity contribution in [3.8, 4) is 0 Å². The fourth-order valence-corrected chi connectivity index (χ4v) is 3.60. The number of fused-ring (bicyclic) bond motifs is 1. The Balaban J connectivity index is 1.72. The highest BCUT2D eigenvalue weighted by molar-refractivity contribution is 7.10. The maximum absolute atomic E-state index is 4.14. The summed E-state index contributed by atoms with van der Waals surface area (Å²) in [4.78, 5) is 1.29. The van der Waals surface area contributed by atoms with Gasteiger partial charge >= 0.3 is 0 Å². The van der Waals surface area contributed by atoms with Crippen LogP contribution in [0.15, 0.2) is 41.8 Å². The SMILES string of the molecule is Cc1ccc([C@H]2C[C@H](c3cccs3)n3nnnc3N2)cc1. The molecule has 0 unspecified atom stereocenters. The number of aromatic nitrogens is 4. The molecule has 0 amide bonds. The number of nitrogens with zero attached hydrogens (tertiary/aromatic N) is 4. The molecular formula is C15H15N5S. The van der Waals surface area contributed by atoms with Crippen molar-refractivity contribution < 1.29 is 0 Å². The van der Waals surface area contributed by atoms with Crippen molar-refractivity contribution >= 4 is 17.3 Å². The van der Waals surface area contributed by atoms with Crippen LogP contribution in [0.4, 0.5) is 5.95 Å². The van der Waals surface area contributed by atoms with Crippen molar-refractivity contribution in [1.29, 1.82) is 0 Å². The van der Waals surface area contributed by atoms with Gasteiger partial charge in [-0.2, -0.15) is 0 Å². The van der Waals surface area contributed by atoms with Crippen molar-refractivity contribution in [1.82, 2.24) is 20.2 Å². The van der Waals surface area contributed by atoms with Crippen LogP contribution in [0, 0.1) is 6.92 Å². The van der Waals surface area contributed by atoms with Gasteiger partial charge in [0.05, 0.1) is 12.1 Å². The van der Waals surface area contributed by atoms with E-state index >= 15 is 0 Å². The van der Waals surface area contributed by atoms with Crippen LogP contribution in [-0.2, 0) is 0 Å². The average Bonchev–Trinajstić information content (AvgIpc) is 3.18. The largest absolute Gasteiger partial charge is 0.346 e. The fraction of sp³-hybridized carbons (Fsp3) is 0.267. The third-order valence-electron chi connectivity index (χ3n) is 3.90. The highest BCUT2D eigenvalue weighted by Crippen LogP contribution is 2.38. The van der Waals surface area contributed by atoms with E-state index in [4.69, 9.17) is 0 Å². The topological polar surface area (TPSA) is 55.6 Å². The highest BCUT2D eigenvalue weighted by Gasteiger charge is 2.30. The Morgan fingerprint density at radius 2 is 2.10 bits per heavy atom. The van der Waals surface area contributed by atoms with Crippen LogP contribution in [0.25, 0.3) is 0 Å². The summed E-state index contributed by atoms with van der Waals surface area (Å²) >= 11 is 1.75. The molecule has 3 heterocycles. The zero-order valence-corrected chi connectivity index (χ0v) is 12.4. The van der Waals surface area contributed by atoms with Crippen molar-refractivity contribution in [2.24, 2.45) is 0 Å². The molecular weight excluding hydrogens is 282 g/mol. The Bertz CT molecular complexity index is 732. The van der Waals surface area contributed by atoms with E-state index in [0.29, 0.717) is 0 Å². The molecule has 0 radical (unpaired) electrons. The summed E-state index contributed by atoms with van der Waals surface area (Å²) in [5, 5.41) is 17.6. The minimum atomic E-state index is 0.197. The molecule has 2 atom stereocenters. The normalized spacial score (nSPS) is 20.8. The Morgan fingerprint density at radius 1 is 1.24 bits per heavy atom. The number of nitrogens with one attached hydrogen (secondary N) is 1. The van der Waals surface area contributed by atoms with Crippen LogP contribution in [0.1, 0.15) is 34.5 Å². The third-order valence-corrected chi connectivity index (χ3v) is 4.88. The van der Waals surface area contributed by atoms with Crippen molar-refractivity contribution in [3.05, 3.63) is 57.8 Å². The zero-order chi connectivity index (χ0) is 14.2. The van der Waals surface area contributed by atoms with Gasteiger partial charge in [-0.05, 0) is 40.8 Å². The smallest absolute Gasteiger partial charge is 0.244 e. The summed E-state index contributed by atoms with van der Waals surface area (Å²) in [5.74, 6) is 0.741.